The molecular formula is C23H32O2. The van der Waals surface area contributed by atoms with E-state index in [9.17, 15) is 5.11 Å². The lowest BCUT2D eigenvalue weighted by molar-refractivity contribution is -0.0462. The third-order valence-electron chi connectivity index (χ3n) is 9.03. The van der Waals surface area contributed by atoms with Crippen LogP contribution in [0.1, 0.15) is 76.7 Å². The largest absolute Gasteiger partial charge is 0.472 e. The first-order chi connectivity index (χ1) is 12.0. The average Bonchev–Trinajstić information content (AvgIpc) is 3.22. The van der Waals surface area contributed by atoms with E-state index in [2.05, 4.69) is 26.0 Å². The number of fused-ring (bicyclic) bond motifs is 5. The number of aliphatic hydroxyl groups excluding tert-OH is 1. The summed E-state index contributed by atoms with van der Waals surface area (Å²) in [7, 11) is 0. The minimum Gasteiger partial charge on any atom is -0.472 e. The van der Waals surface area contributed by atoms with Crippen LogP contribution in [0.3, 0.4) is 0 Å². The highest BCUT2D eigenvalue weighted by atomic mass is 16.3. The molecule has 0 saturated heterocycles. The summed E-state index contributed by atoms with van der Waals surface area (Å²) in [5.74, 6) is 3.28. The van der Waals surface area contributed by atoms with E-state index in [4.69, 9.17) is 4.42 Å². The van der Waals surface area contributed by atoms with E-state index in [-0.39, 0.29) is 6.10 Å². The van der Waals surface area contributed by atoms with Gasteiger partial charge in [0.25, 0.3) is 0 Å². The van der Waals surface area contributed by atoms with E-state index >= 15 is 0 Å². The highest BCUT2D eigenvalue weighted by Gasteiger charge is 2.59. The second kappa shape index (κ2) is 5.49. The third-order valence-corrected chi connectivity index (χ3v) is 9.03. The predicted molar refractivity (Wildman–Crippen MR) is 99.2 cm³/mol. The van der Waals surface area contributed by atoms with Crippen molar-refractivity contribution in [2.45, 2.75) is 77.2 Å². The molecule has 1 N–H and O–H groups in total. The van der Waals surface area contributed by atoms with Crippen LogP contribution < -0.4 is 0 Å². The Kier molecular flexibility index (Phi) is 3.55. The van der Waals surface area contributed by atoms with E-state index in [0.717, 1.165) is 24.2 Å². The summed E-state index contributed by atoms with van der Waals surface area (Å²) in [6.45, 7) is 5.10. The molecule has 2 nitrogen and oxygen atoms in total. The molecule has 1 aromatic heterocycles. The molecule has 0 amide bonds. The highest BCUT2D eigenvalue weighted by Crippen LogP contribution is 2.68. The molecule has 3 fully saturated rings. The Hall–Kier alpha value is -1.02. The minimum absolute atomic E-state index is 0.189. The number of allylic oxidation sites excluding steroid dienone is 1. The number of furan rings is 1. The second-order valence-corrected chi connectivity index (χ2v) is 9.86. The standard InChI is InChI=1S/C23H32O2/c1-22-10-7-17(24)13-16(22)3-4-18-20-6-5-19(15-9-12-25-14-15)23(20,2)11-8-21(18)22/h9,12-14,17-21,24H,3-8,10-11H2,1-2H3/t17-,18-,19+,20-,21-,22-,23+/m0/s1. The zero-order chi connectivity index (χ0) is 17.2. The Bertz CT molecular complexity index is 674. The third kappa shape index (κ3) is 2.19. The van der Waals surface area contributed by atoms with Gasteiger partial charge < -0.3 is 9.52 Å². The average molecular weight is 341 g/mol. The summed E-state index contributed by atoms with van der Waals surface area (Å²) in [5.41, 5.74) is 3.83. The number of hydrogen-bond donors (Lipinski definition) is 1. The van der Waals surface area contributed by atoms with Crippen molar-refractivity contribution in [3.8, 4) is 0 Å². The summed E-state index contributed by atoms with van der Waals surface area (Å²) >= 11 is 0. The second-order valence-electron chi connectivity index (χ2n) is 9.86. The molecule has 0 unspecified atom stereocenters. The lowest BCUT2D eigenvalue weighted by Gasteiger charge is -2.58. The zero-order valence-corrected chi connectivity index (χ0v) is 15.7. The molecule has 4 aliphatic rings. The maximum atomic E-state index is 10.1. The summed E-state index contributed by atoms with van der Waals surface area (Å²) in [4.78, 5) is 0. The zero-order valence-electron chi connectivity index (χ0n) is 15.7. The molecule has 1 aromatic rings. The molecule has 3 saturated carbocycles. The fourth-order valence-corrected chi connectivity index (χ4v) is 7.73. The maximum Gasteiger partial charge on any atom is 0.0937 e. The molecular weight excluding hydrogens is 308 g/mol. The summed E-state index contributed by atoms with van der Waals surface area (Å²) < 4.78 is 5.42. The van der Waals surface area contributed by atoms with Crippen LogP contribution in [-0.2, 0) is 0 Å². The molecule has 0 bridgehead atoms. The summed E-state index contributed by atoms with van der Waals surface area (Å²) in [6.07, 6.45) is 16.1. The van der Waals surface area contributed by atoms with Gasteiger partial charge in [0.1, 0.15) is 0 Å². The molecule has 1 heterocycles. The molecule has 7 atom stereocenters. The van der Waals surface area contributed by atoms with Crippen LogP contribution in [0.2, 0.25) is 0 Å². The summed E-state index contributed by atoms with van der Waals surface area (Å²) in [6, 6.07) is 2.20. The Balaban J connectivity index is 1.47. The number of rotatable bonds is 1. The van der Waals surface area contributed by atoms with Gasteiger partial charge in [0.05, 0.1) is 18.6 Å². The fourth-order valence-electron chi connectivity index (χ4n) is 7.73. The first-order valence-electron chi connectivity index (χ1n) is 10.4. The van der Waals surface area contributed by atoms with Gasteiger partial charge in [-0.25, -0.2) is 0 Å². The molecule has 0 radical (unpaired) electrons. The van der Waals surface area contributed by atoms with Gasteiger partial charge in [0, 0.05) is 0 Å². The van der Waals surface area contributed by atoms with Crippen LogP contribution in [-0.4, -0.2) is 11.2 Å². The Morgan fingerprint density at radius 3 is 2.72 bits per heavy atom. The molecule has 0 aromatic carbocycles. The Labute approximate surface area is 151 Å². The van der Waals surface area contributed by atoms with Gasteiger partial charge in [-0.2, -0.15) is 0 Å². The number of hydrogen-bond acceptors (Lipinski definition) is 2. The van der Waals surface area contributed by atoms with Gasteiger partial charge in [0.2, 0.25) is 0 Å². The highest BCUT2D eigenvalue weighted by molar-refractivity contribution is 5.27. The Morgan fingerprint density at radius 1 is 1.04 bits per heavy atom. The quantitative estimate of drug-likeness (QED) is 0.667. The SMILES string of the molecule is C[C@]12CC[C@H]3[C@@H](CCC4=C[C@@H](O)CC[C@@]43C)[C@@H]1CC[C@@H]2c1ccoc1. The summed E-state index contributed by atoms with van der Waals surface area (Å²) in [5, 5.41) is 10.1. The van der Waals surface area contributed by atoms with Gasteiger partial charge in [-0.05, 0) is 97.5 Å². The molecule has 25 heavy (non-hydrogen) atoms. The van der Waals surface area contributed by atoms with Crippen molar-refractivity contribution >= 4 is 0 Å². The lowest BCUT2D eigenvalue weighted by Crippen LogP contribution is -2.50. The van der Waals surface area contributed by atoms with E-state index in [1.165, 1.54) is 50.5 Å². The van der Waals surface area contributed by atoms with E-state index in [1.807, 2.05) is 12.5 Å². The van der Waals surface area contributed by atoms with E-state index < -0.39 is 0 Å². The van der Waals surface area contributed by atoms with E-state index in [1.54, 1.807) is 5.57 Å². The molecule has 0 aliphatic heterocycles. The molecule has 136 valence electrons. The molecule has 2 heteroatoms. The molecule has 0 spiro atoms. The predicted octanol–water partition coefficient (Wildman–Crippen LogP) is 5.69. The van der Waals surface area contributed by atoms with Gasteiger partial charge in [-0.3, -0.25) is 0 Å². The lowest BCUT2D eigenvalue weighted by atomic mass is 9.46. The number of aliphatic hydroxyl groups is 1. The van der Waals surface area contributed by atoms with Crippen molar-refractivity contribution in [1.82, 2.24) is 0 Å². The van der Waals surface area contributed by atoms with Gasteiger partial charge in [-0.1, -0.05) is 25.5 Å². The van der Waals surface area contributed by atoms with Crippen LogP contribution in [0.15, 0.2) is 34.7 Å². The first kappa shape index (κ1) is 16.2. The van der Waals surface area contributed by atoms with Gasteiger partial charge in [0.15, 0.2) is 0 Å². The van der Waals surface area contributed by atoms with Crippen LogP contribution in [0.25, 0.3) is 0 Å². The monoisotopic (exact) mass is 340 g/mol. The van der Waals surface area contributed by atoms with Crippen molar-refractivity contribution in [2.24, 2.45) is 28.6 Å². The Morgan fingerprint density at radius 2 is 1.92 bits per heavy atom. The van der Waals surface area contributed by atoms with Gasteiger partial charge >= 0.3 is 0 Å². The van der Waals surface area contributed by atoms with Crippen molar-refractivity contribution in [3.63, 3.8) is 0 Å². The smallest absolute Gasteiger partial charge is 0.0937 e. The first-order valence-corrected chi connectivity index (χ1v) is 10.4. The van der Waals surface area contributed by atoms with Crippen LogP contribution >= 0.6 is 0 Å². The normalized spacial score (nSPS) is 49.1. The van der Waals surface area contributed by atoms with Crippen LogP contribution in [0.4, 0.5) is 0 Å². The van der Waals surface area contributed by atoms with Crippen LogP contribution in [0, 0.1) is 28.6 Å². The molecule has 4 aliphatic carbocycles. The topological polar surface area (TPSA) is 33.4 Å². The van der Waals surface area contributed by atoms with Crippen molar-refractivity contribution in [3.05, 3.63) is 35.8 Å². The van der Waals surface area contributed by atoms with Crippen LogP contribution in [0.5, 0.6) is 0 Å². The minimum atomic E-state index is -0.189. The van der Waals surface area contributed by atoms with Crippen molar-refractivity contribution in [2.75, 3.05) is 0 Å². The fraction of sp³-hybridized carbons (Fsp3) is 0.739. The molecule has 5 rings (SSSR count). The van der Waals surface area contributed by atoms with Gasteiger partial charge in [-0.15, -0.1) is 0 Å². The maximum absolute atomic E-state index is 10.1. The van der Waals surface area contributed by atoms with E-state index in [0.29, 0.717) is 16.7 Å². The van der Waals surface area contributed by atoms with Crippen molar-refractivity contribution < 1.29 is 9.52 Å². The van der Waals surface area contributed by atoms with Crippen molar-refractivity contribution in [1.29, 1.82) is 0 Å².